The molecule has 2 N–H and O–H groups in total. The first-order chi connectivity index (χ1) is 11.8. The van der Waals surface area contributed by atoms with Gasteiger partial charge in [-0.05, 0) is 81.6 Å². The van der Waals surface area contributed by atoms with Gasteiger partial charge in [0.15, 0.2) is 0 Å². The SMILES string of the molecule is Cc1ccnc(CNCCCCNC2CCC3C=CC=CC3C2)c1. The summed E-state index contributed by atoms with van der Waals surface area (Å²) in [5.74, 6) is 1.57. The maximum absolute atomic E-state index is 4.38. The van der Waals surface area contributed by atoms with E-state index in [2.05, 4.69) is 52.9 Å². The topological polar surface area (TPSA) is 37.0 Å². The number of aryl methyl sites for hydroxylation is 1. The molecule has 0 bridgehead atoms. The second-order valence-corrected chi connectivity index (χ2v) is 7.27. The van der Waals surface area contributed by atoms with E-state index in [1.165, 1.54) is 37.7 Å². The van der Waals surface area contributed by atoms with E-state index in [1.54, 1.807) is 0 Å². The van der Waals surface area contributed by atoms with Crippen molar-refractivity contribution in [2.24, 2.45) is 11.8 Å². The molecule has 3 unspecified atom stereocenters. The summed E-state index contributed by atoms with van der Waals surface area (Å²) < 4.78 is 0. The van der Waals surface area contributed by atoms with Gasteiger partial charge in [0.25, 0.3) is 0 Å². The molecule has 1 saturated carbocycles. The van der Waals surface area contributed by atoms with Crippen LogP contribution >= 0.6 is 0 Å². The van der Waals surface area contributed by atoms with Gasteiger partial charge in [0.1, 0.15) is 0 Å². The van der Waals surface area contributed by atoms with Gasteiger partial charge < -0.3 is 10.6 Å². The fourth-order valence-corrected chi connectivity index (χ4v) is 3.88. The van der Waals surface area contributed by atoms with Crippen LogP contribution in [0, 0.1) is 18.8 Å². The Labute approximate surface area is 146 Å². The Bertz CT molecular complexity index is 564. The molecule has 1 aromatic heterocycles. The molecule has 1 fully saturated rings. The highest BCUT2D eigenvalue weighted by Crippen LogP contribution is 2.34. The molecule has 3 rings (SSSR count). The number of rotatable bonds is 8. The van der Waals surface area contributed by atoms with E-state index in [4.69, 9.17) is 0 Å². The average Bonchev–Trinajstić information content (AvgIpc) is 2.61. The molecular weight excluding hydrogens is 294 g/mol. The highest BCUT2D eigenvalue weighted by atomic mass is 14.9. The normalized spacial score (nSPS) is 25.6. The number of fused-ring (bicyclic) bond motifs is 1. The van der Waals surface area contributed by atoms with E-state index in [0.717, 1.165) is 37.2 Å². The molecular formula is C21H31N3. The standard InChI is InChI=1S/C21H31N3/c1-17-10-13-24-21(14-17)16-22-11-4-5-12-23-20-9-8-18-6-2-3-7-19(18)15-20/h2-3,6-7,10,13-14,18-20,22-23H,4-5,8-9,11-12,15-16H2,1H3. The Morgan fingerprint density at radius 1 is 1.08 bits per heavy atom. The van der Waals surface area contributed by atoms with Gasteiger partial charge in [-0.1, -0.05) is 24.3 Å². The van der Waals surface area contributed by atoms with Gasteiger partial charge in [0.2, 0.25) is 0 Å². The minimum atomic E-state index is 0.715. The number of unbranched alkanes of at least 4 members (excludes halogenated alkanes) is 1. The molecule has 3 heteroatoms. The van der Waals surface area contributed by atoms with Crippen LogP contribution in [0.5, 0.6) is 0 Å². The fraction of sp³-hybridized carbons (Fsp3) is 0.571. The lowest BCUT2D eigenvalue weighted by Gasteiger charge is -2.34. The molecule has 130 valence electrons. The van der Waals surface area contributed by atoms with Crippen molar-refractivity contribution in [3.05, 3.63) is 53.9 Å². The van der Waals surface area contributed by atoms with Crippen LogP contribution in [0.2, 0.25) is 0 Å². The Morgan fingerprint density at radius 3 is 2.79 bits per heavy atom. The van der Waals surface area contributed by atoms with E-state index in [1.807, 2.05) is 12.3 Å². The van der Waals surface area contributed by atoms with Gasteiger partial charge in [-0.15, -0.1) is 0 Å². The number of hydrogen-bond acceptors (Lipinski definition) is 3. The molecule has 0 radical (unpaired) electrons. The molecule has 1 aromatic rings. The summed E-state index contributed by atoms with van der Waals surface area (Å²) in [5, 5.41) is 7.27. The van der Waals surface area contributed by atoms with Crippen molar-refractivity contribution in [3.8, 4) is 0 Å². The van der Waals surface area contributed by atoms with E-state index < -0.39 is 0 Å². The van der Waals surface area contributed by atoms with Crippen LogP contribution in [0.15, 0.2) is 42.6 Å². The molecule has 2 aliphatic carbocycles. The van der Waals surface area contributed by atoms with Gasteiger partial charge in [0.05, 0.1) is 5.69 Å². The van der Waals surface area contributed by atoms with E-state index in [-0.39, 0.29) is 0 Å². The third kappa shape index (κ3) is 5.29. The summed E-state index contributed by atoms with van der Waals surface area (Å²) >= 11 is 0. The first-order valence-corrected chi connectivity index (χ1v) is 9.52. The van der Waals surface area contributed by atoms with Crippen LogP contribution in [0.4, 0.5) is 0 Å². The Hall–Kier alpha value is -1.45. The average molecular weight is 326 g/mol. The third-order valence-corrected chi connectivity index (χ3v) is 5.27. The molecule has 0 saturated heterocycles. The predicted octanol–water partition coefficient (Wildman–Crippen LogP) is 3.76. The summed E-state index contributed by atoms with van der Waals surface area (Å²) in [6, 6.07) is 4.91. The lowest BCUT2D eigenvalue weighted by molar-refractivity contribution is 0.268. The Balaban J connectivity index is 1.23. The van der Waals surface area contributed by atoms with Crippen molar-refractivity contribution in [1.82, 2.24) is 15.6 Å². The maximum atomic E-state index is 4.38. The number of allylic oxidation sites excluding steroid dienone is 4. The van der Waals surface area contributed by atoms with E-state index in [0.29, 0.717) is 6.04 Å². The van der Waals surface area contributed by atoms with Gasteiger partial charge >= 0.3 is 0 Å². The maximum Gasteiger partial charge on any atom is 0.0544 e. The van der Waals surface area contributed by atoms with Crippen LogP contribution in [0.3, 0.4) is 0 Å². The molecule has 1 heterocycles. The van der Waals surface area contributed by atoms with Crippen LogP contribution in [0.25, 0.3) is 0 Å². The number of nitrogens with zero attached hydrogens (tertiary/aromatic N) is 1. The van der Waals surface area contributed by atoms with Crippen molar-refractivity contribution in [2.75, 3.05) is 13.1 Å². The van der Waals surface area contributed by atoms with Crippen molar-refractivity contribution in [3.63, 3.8) is 0 Å². The highest BCUT2D eigenvalue weighted by Gasteiger charge is 2.27. The second kappa shape index (κ2) is 9.14. The molecule has 24 heavy (non-hydrogen) atoms. The molecule has 3 atom stereocenters. The number of pyridine rings is 1. The van der Waals surface area contributed by atoms with Gasteiger partial charge in [0, 0.05) is 18.8 Å². The van der Waals surface area contributed by atoms with Crippen LogP contribution in [-0.4, -0.2) is 24.1 Å². The smallest absolute Gasteiger partial charge is 0.0544 e. The van der Waals surface area contributed by atoms with E-state index >= 15 is 0 Å². The first kappa shape index (κ1) is 17.4. The monoisotopic (exact) mass is 325 g/mol. The minimum Gasteiger partial charge on any atom is -0.314 e. The molecule has 0 aromatic carbocycles. The van der Waals surface area contributed by atoms with Crippen LogP contribution < -0.4 is 10.6 Å². The zero-order chi connectivity index (χ0) is 16.6. The fourth-order valence-electron chi connectivity index (χ4n) is 3.88. The van der Waals surface area contributed by atoms with Crippen molar-refractivity contribution < 1.29 is 0 Å². The van der Waals surface area contributed by atoms with Crippen molar-refractivity contribution in [2.45, 2.75) is 51.6 Å². The lowest BCUT2D eigenvalue weighted by atomic mass is 9.75. The zero-order valence-electron chi connectivity index (χ0n) is 14.9. The van der Waals surface area contributed by atoms with E-state index in [9.17, 15) is 0 Å². The molecule has 0 amide bonds. The first-order valence-electron chi connectivity index (χ1n) is 9.52. The summed E-state index contributed by atoms with van der Waals surface area (Å²) in [7, 11) is 0. The minimum absolute atomic E-state index is 0.715. The van der Waals surface area contributed by atoms with Crippen molar-refractivity contribution in [1.29, 1.82) is 0 Å². The summed E-state index contributed by atoms with van der Waals surface area (Å²) in [6.07, 6.45) is 17.6. The van der Waals surface area contributed by atoms with Gasteiger partial charge in [-0.3, -0.25) is 4.98 Å². The summed E-state index contributed by atoms with van der Waals surface area (Å²) in [4.78, 5) is 4.38. The second-order valence-electron chi connectivity index (χ2n) is 7.27. The number of aromatic nitrogens is 1. The summed E-state index contributed by atoms with van der Waals surface area (Å²) in [5.41, 5.74) is 2.42. The molecule has 3 nitrogen and oxygen atoms in total. The van der Waals surface area contributed by atoms with Gasteiger partial charge in [-0.25, -0.2) is 0 Å². The zero-order valence-corrected chi connectivity index (χ0v) is 14.9. The number of hydrogen-bond donors (Lipinski definition) is 2. The molecule has 0 aliphatic heterocycles. The van der Waals surface area contributed by atoms with Gasteiger partial charge in [-0.2, -0.15) is 0 Å². The Morgan fingerprint density at radius 2 is 1.92 bits per heavy atom. The quantitative estimate of drug-likeness (QED) is 0.715. The lowest BCUT2D eigenvalue weighted by Crippen LogP contribution is -2.37. The van der Waals surface area contributed by atoms with Crippen LogP contribution in [0.1, 0.15) is 43.4 Å². The Kier molecular flexibility index (Phi) is 6.62. The predicted molar refractivity (Wildman–Crippen MR) is 101 cm³/mol. The highest BCUT2D eigenvalue weighted by molar-refractivity contribution is 5.16. The molecule has 2 aliphatic rings. The third-order valence-electron chi connectivity index (χ3n) is 5.27. The summed E-state index contributed by atoms with van der Waals surface area (Å²) in [6.45, 7) is 5.20. The number of nitrogens with one attached hydrogen (secondary N) is 2. The molecule has 0 spiro atoms. The van der Waals surface area contributed by atoms with Crippen molar-refractivity contribution >= 4 is 0 Å². The van der Waals surface area contributed by atoms with Crippen LogP contribution in [-0.2, 0) is 6.54 Å². The largest absolute Gasteiger partial charge is 0.314 e.